The fourth-order valence-corrected chi connectivity index (χ4v) is 1.73. The second-order valence-corrected chi connectivity index (χ2v) is 5.52. The van der Waals surface area contributed by atoms with E-state index in [0.717, 1.165) is 5.56 Å². The number of aliphatic carboxylic acids is 1. The summed E-state index contributed by atoms with van der Waals surface area (Å²) in [6, 6.07) is 9.27. The molecular formula is C15H20O4. The van der Waals surface area contributed by atoms with E-state index in [1.807, 2.05) is 30.3 Å². The van der Waals surface area contributed by atoms with Gasteiger partial charge in [-0.1, -0.05) is 30.3 Å². The van der Waals surface area contributed by atoms with E-state index in [1.165, 1.54) is 0 Å². The summed E-state index contributed by atoms with van der Waals surface area (Å²) in [6.07, 6.45) is 0.219. The largest absolute Gasteiger partial charge is 0.481 e. The molecule has 1 aromatic carbocycles. The van der Waals surface area contributed by atoms with Gasteiger partial charge in [-0.05, 0) is 32.8 Å². The number of rotatable bonds is 5. The molecule has 0 aliphatic heterocycles. The third kappa shape index (κ3) is 6.04. The molecule has 0 amide bonds. The predicted molar refractivity (Wildman–Crippen MR) is 71.7 cm³/mol. The molecule has 0 aliphatic carbocycles. The summed E-state index contributed by atoms with van der Waals surface area (Å²) in [5.41, 5.74) is 0.311. The SMILES string of the molecule is CC(C)(C)OC(=O)C[C@H](Cc1ccccc1)C(=O)O. The van der Waals surface area contributed by atoms with E-state index < -0.39 is 23.5 Å². The molecular weight excluding hydrogens is 244 g/mol. The van der Waals surface area contributed by atoms with Gasteiger partial charge in [0.25, 0.3) is 0 Å². The molecule has 1 N–H and O–H groups in total. The van der Waals surface area contributed by atoms with E-state index in [9.17, 15) is 14.7 Å². The van der Waals surface area contributed by atoms with Crippen molar-refractivity contribution in [2.24, 2.45) is 5.92 Å². The molecule has 0 aromatic heterocycles. The van der Waals surface area contributed by atoms with Crippen LogP contribution in [0, 0.1) is 5.92 Å². The summed E-state index contributed by atoms with van der Waals surface area (Å²) < 4.78 is 5.15. The van der Waals surface area contributed by atoms with Crippen LogP contribution in [0.25, 0.3) is 0 Å². The molecule has 0 aliphatic rings. The molecule has 0 bridgehead atoms. The molecule has 1 rings (SSSR count). The second-order valence-electron chi connectivity index (χ2n) is 5.52. The van der Waals surface area contributed by atoms with Crippen molar-refractivity contribution in [3.63, 3.8) is 0 Å². The van der Waals surface area contributed by atoms with E-state index in [-0.39, 0.29) is 6.42 Å². The van der Waals surface area contributed by atoms with Gasteiger partial charge >= 0.3 is 11.9 Å². The van der Waals surface area contributed by atoms with Crippen molar-refractivity contribution in [1.29, 1.82) is 0 Å². The lowest BCUT2D eigenvalue weighted by Gasteiger charge is -2.21. The Balaban J connectivity index is 2.64. The number of benzene rings is 1. The Morgan fingerprint density at radius 3 is 2.26 bits per heavy atom. The van der Waals surface area contributed by atoms with E-state index in [4.69, 9.17) is 4.74 Å². The summed E-state index contributed by atoms with van der Waals surface area (Å²) in [5.74, 6) is -2.21. The van der Waals surface area contributed by atoms with Crippen molar-refractivity contribution in [2.75, 3.05) is 0 Å². The van der Waals surface area contributed by atoms with Gasteiger partial charge in [-0.2, -0.15) is 0 Å². The molecule has 104 valence electrons. The summed E-state index contributed by atoms with van der Waals surface area (Å²) in [7, 11) is 0. The molecule has 0 fully saturated rings. The topological polar surface area (TPSA) is 63.6 Å². The number of carbonyl (C=O) groups is 2. The van der Waals surface area contributed by atoms with Crippen LogP contribution in [0.5, 0.6) is 0 Å². The summed E-state index contributed by atoms with van der Waals surface area (Å²) >= 11 is 0. The summed E-state index contributed by atoms with van der Waals surface area (Å²) in [4.78, 5) is 22.9. The maximum absolute atomic E-state index is 11.7. The van der Waals surface area contributed by atoms with Crippen LogP contribution in [-0.2, 0) is 20.7 Å². The molecule has 0 radical (unpaired) electrons. The first-order chi connectivity index (χ1) is 8.78. The zero-order valence-corrected chi connectivity index (χ0v) is 11.6. The third-order valence-corrected chi connectivity index (χ3v) is 2.51. The van der Waals surface area contributed by atoms with Gasteiger partial charge in [-0.15, -0.1) is 0 Å². The lowest BCUT2D eigenvalue weighted by molar-refractivity contribution is -0.159. The Hall–Kier alpha value is -1.84. The summed E-state index contributed by atoms with van der Waals surface area (Å²) in [6.45, 7) is 5.29. The van der Waals surface area contributed by atoms with Crippen LogP contribution < -0.4 is 0 Å². The molecule has 0 spiro atoms. The van der Waals surface area contributed by atoms with Gasteiger partial charge in [0.1, 0.15) is 5.60 Å². The normalized spacial score (nSPS) is 12.8. The Bertz CT molecular complexity index is 431. The highest BCUT2D eigenvalue weighted by Gasteiger charge is 2.25. The third-order valence-electron chi connectivity index (χ3n) is 2.51. The maximum Gasteiger partial charge on any atom is 0.307 e. The Kier molecular flexibility index (Phi) is 5.10. The summed E-state index contributed by atoms with van der Waals surface area (Å²) in [5, 5.41) is 9.17. The highest BCUT2D eigenvalue weighted by molar-refractivity contribution is 5.79. The molecule has 1 aromatic rings. The number of carboxylic acid groups (broad SMARTS) is 1. The fourth-order valence-electron chi connectivity index (χ4n) is 1.73. The minimum Gasteiger partial charge on any atom is -0.481 e. The molecule has 1 atom stereocenters. The van der Waals surface area contributed by atoms with E-state index >= 15 is 0 Å². The van der Waals surface area contributed by atoms with Gasteiger partial charge in [0.15, 0.2) is 0 Å². The van der Waals surface area contributed by atoms with Crippen LogP contribution in [0.1, 0.15) is 32.8 Å². The average Bonchev–Trinajstić information content (AvgIpc) is 2.26. The first kappa shape index (κ1) is 15.2. The molecule has 19 heavy (non-hydrogen) atoms. The number of carboxylic acids is 1. The van der Waals surface area contributed by atoms with Crippen molar-refractivity contribution in [3.05, 3.63) is 35.9 Å². The highest BCUT2D eigenvalue weighted by atomic mass is 16.6. The molecule has 0 saturated carbocycles. The van der Waals surface area contributed by atoms with Crippen LogP contribution in [-0.4, -0.2) is 22.6 Å². The Labute approximate surface area is 113 Å². The first-order valence-corrected chi connectivity index (χ1v) is 6.26. The zero-order chi connectivity index (χ0) is 14.5. The molecule has 0 heterocycles. The van der Waals surface area contributed by atoms with Crippen molar-refractivity contribution in [2.45, 2.75) is 39.2 Å². The van der Waals surface area contributed by atoms with Gasteiger partial charge in [0.05, 0.1) is 12.3 Å². The van der Waals surface area contributed by atoms with E-state index in [1.54, 1.807) is 20.8 Å². The minimum absolute atomic E-state index is 0.110. The quantitative estimate of drug-likeness (QED) is 0.830. The number of carbonyl (C=O) groups excluding carboxylic acids is 1. The van der Waals surface area contributed by atoms with Crippen molar-refractivity contribution in [1.82, 2.24) is 0 Å². The maximum atomic E-state index is 11.7. The lowest BCUT2D eigenvalue weighted by atomic mass is 9.96. The van der Waals surface area contributed by atoms with Crippen LogP contribution in [0.4, 0.5) is 0 Å². The van der Waals surface area contributed by atoms with E-state index in [0.29, 0.717) is 6.42 Å². The Morgan fingerprint density at radius 2 is 1.79 bits per heavy atom. The van der Waals surface area contributed by atoms with Crippen LogP contribution in [0.3, 0.4) is 0 Å². The predicted octanol–water partition coefficient (Wildman–Crippen LogP) is 2.66. The molecule has 4 heteroatoms. The van der Waals surface area contributed by atoms with Crippen LogP contribution >= 0.6 is 0 Å². The molecule has 0 unspecified atom stereocenters. The first-order valence-electron chi connectivity index (χ1n) is 6.26. The monoisotopic (exact) mass is 264 g/mol. The standard InChI is InChI=1S/C15H20O4/c1-15(2,3)19-13(16)10-12(14(17)18)9-11-7-5-4-6-8-11/h4-8,12H,9-10H2,1-3H3,(H,17,18)/t12-/m0/s1. The van der Waals surface area contributed by atoms with E-state index in [2.05, 4.69) is 0 Å². The smallest absolute Gasteiger partial charge is 0.307 e. The van der Waals surface area contributed by atoms with Gasteiger partial charge < -0.3 is 9.84 Å². The number of esters is 1. The second kappa shape index (κ2) is 6.36. The van der Waals surface area contributed by atoms with Crippen LogP contribution in [0.2, 0.25) is 0 Å². The van der Waals surface area contributed by atoms with Gasteiger partial charge in [0, 0.05) is 0 Å². The van der Waals surface area contributed by atoms with Crippen molar-refractivity contribution >= 4 is 11.9 Å². The van der Waals surface area contributed by atoms with Gasteiger partial charge in [0.2, 0.25) is 0 Å². The minimum atomic E-state index is -0.977. The van der Waals surface area contributed by atoms with Gasteiger partial charge in [-0.3, -0.25) is 9.59 Å². The number of hydrogen-bond acceptors (Lipinski definition) is 3. The number of hydrogen-bond donors (Lipinski definition) is 1. The molecule has 0 saturated heterocycles. The number of ether oxygens (including phenoxy) is 1. The van der Waals surface area contributed by atoms with Crippen molar-refractivity contribution < 1.29 is 19.4 Å². The average molecular weight is 264 g/mol. The van der Waals surface area contributed by atoms with Gasteiger partial charge in [-0.25, -0.2) is 0 Å². The lowest BCUT2D eigenvalue weighted by Crippen LogP contribution is -2.28. The van der Waals surface area contributed by atoms with Crippen LogP contribution in [0.15, 0.2) is 30.3 Å². The zero-order valence-electron chi connectivity index (χ0n) is 11.6. The van der Waals surface area contributed by atoms with Crippen molar-refractivity contribution in [3.8, 4) is 0 Å². The Morgan fingerprint density at radius 1 is 1.21 bits per heavy atom. The molecule has 4 nitrogen and oxygen atoms in total. The highest BCUT2D eigenvalue weighted by Crippen LogP contribution is 2.16. The fraction of sp³-hybridized carbons (Fsp3) is 0.467.